The van der Waals surface area contributed by atoms with Gasteiger partial charge in [0, 0.05) is 5.57 Å². The molecule has 0 saturated heterocycles. The van der Waals surface area contributed by atoms with Crippen molar-refractivity contribution in [1.82, 2.24) is 4.72 Å². The molecular weight excluding hydrogens is 383 g/mol. The SMILES string of the molecule is CC1=C(c2ccc(F)cc2)S(=O)(=O)NC1=N[C@H](C)c1ccc2c(c1)OCCO2. The molecule has 0 fully saturated rings. The number of aliphatic imine (C=N–C) groups is 1. The highest BCUT2D eigenvalue weighted by Gasteiger charge is 2.33. The lowest BCUT2D eigenvalue weighted by Crippen LogP contribution is -2.24. The van der Waals surface area contributed by atoms with Crippen LogP contribution in [0.1, 0.15) is 31.0 Å². The quantitative estimate of drug-likeness (QED) is 0.854. The first kappa shape index (κ1) is 18.5. The summed E-state index contributed by atoms with van der Waals surface area (Å²) >= 11 is 0. The van der Waals surface area contributed by atoms with E-state index < -0.39 is 15.8 Å². The minimum Gasteiger partial charge on any atom is -0.486 e. The third-order valence-corrected chi connectivity index (χ3v) is 6.21. The van der Waals surface area contributed by atoms with Gasteiger partial charge in [0.15, 0.2) is 11.5 Å². The van der Waals surface area contributed by atoms with Crippen molar-refractivity contribution in [3.63, 3.8) is 0 Å². The van der Waals surface area contributed by atoms with Crippen molar-refractivity contribution < 1.29 is 22.3 Å². The summed E-state index contributed by atoms with van der Waals surface area (Å²) in [5, 5.41) is 0. The molecule has 0 bridgehead atoms. The number of sulfonamides is 1. The summed E-state index contributed by atoms with van der Waals surface area (Å²) in [6, 6.07) is 10.6. The van der Waals surface area contributed by atoms with E-state index in [1.54, 1.807) is 6.92 Å². The van der Waals surface area contributed by atoms with Crippen LogP contribution < -0.4 is 14.2 Å². The Balaban J connectivity index is 1.69. The van der Waals surface area contributed by atoms with E-state index in [-0.39, 0.29) is 16.8 Å². The molecule has 0 amide bonds. The zero-order valence-corrected chi connectivity index (χ0v) is 16.2. The smallest absolute Gasteiger partial charge is 0.264 e. The average Bonchev–Trinajstić information content (AvgIpc) is 2.90. The van der Waals surface area contributed by atoms with E-state index in [0.717, 1.165) is 5.56 Å². The van der Waals surface area contributed by atoms with Gasteiger partial charge in [-0.1, -0.05) is 18.2 Å². The van der Waals surface area contributed by atoms with E-state index in [9.17, 15) is 12.8 Å². The summed E-state index contributed by atoms with van der Waals surface area (Å²) in [5.41, 5.74) is 1.79. The minimum atomic E-state index is -3.76. The van der Waals surface area contributed by atoms with Gasteiger partial charge < -0.3 is 9.47 Å². The lowest BCUT2D eigenvalue weighted by molar-refractivity contribution is 0.171. The number of amidine groups is 1. The van der Waals surface area contributed by atoms with Crippen LogP contribution in [-0.4, -0.2) is 27.5 Å². The maximum Gasteiger partial charge on any atom is 0.264 e. The third-order valence-electron chi connectivity index (χ3n) is 4.67. The Labute approximate surface area is 162 Å². The molecule has 0 aliphatic carbocycles. The average molecular weight is 402 g/mol. The molecule has 2 aromatic carbocycles. The second-order valence-electron chi connectivity index (χ2n) is 6.62. The van der Waals surface area contributed by atoms with Crippen molar-refractivity contribution in [2.75, 3.05) is 13.2 Å². The predicted molar refractivity (Wildman–Crippen MR) is 104 cm³/mol. The van der Waals surface area contributed by atoms with Crippen molar-refractivity contribution in [2.24, 2.45) is 4.99 Å². The first-order valence-corrected chi connectivity index (χ1v) is 10.3. The Morgan fingerprint density at radius 3 is 2.46 bits per heavy atom. The number of halogens is 1. The van der Waals surface area contributed by atoms with Gasteiger partial charge in [-0.3, -0.25) is 9.71 Å². The molecule has 146 valence electrons. The van der Waals surface area contributed by atoms with Crippen LogP contribution in [0.2, 0.25) is 0 Å². The number of ether oxygens (including phenoxy) is 2. The molecule has 28 heavy (non-hydrogen) atoms. The van der Waals surface area contributed by atoms with Crippen molar-refractivity contribution >= 4 is 20.8 Å². The molecule has 2 aliphatic rings. The number of fused-ring (bicyclic) bond motifs is 1. The van der Waals surface area contributed by atoms with E-state index in [1.165, 1.54) is 24.3 Å². The summed E-state index contributed by atoms with van der Waals surface area (Å²) in [7, 11) is -3.76. The molecular formula is C20H19FN2O4S. The van der Waals surface area contributed by atoms with Crippen molar-refractivity contribution in [2.45, 2.75) is 19.9 Å². The molecule has 1 N–H and O–H groups in total. The molecule has 2 aliphatic heterocycles. The maximum atomic E-state index is 13.2. The molecule has 4 rings (SSSR count). The number of hydrogen-bond acceptors (Lipinski definition) is 5. The fourth-order valence-electron chi connectivity index (χ4n) is 3.25. The molecule has 0 saturated carbocycles. The van der Waals surface area contributed by atoms with E-state index in [2.05, 4.69) is 9.71 Å². The minimum absolute atomic E-state index is 0.112. The fourth-order valence-corrected chi connectivity index (χ4v) is 4.76. The van der Waals surface area contributed by atoms with Crippen LogP contribution in [0.5, 0.6) is 11.5 Å². The number of benzene rings is 2. The Hall–Kier alpha value is -2.87. The largest absolute Gasteiger partial charge is 0.486 e. The van der Waals surface area contributed by atoms with Gasteiger partial charge in [-0.15, -0.1) is 0 Å². The Bertz CT molecular complexity index is 1090. The van der Waals surface area contributed by atoms with Crippen LogP contribution >= 0.6 is 0 Å². The highest BCUT2D eigenvalue weighted by molar-refractivity contribution is 8.00. The molecule has 0 spiro atoms. The summed E-state index contributed by atoms with van der Waals surface area (Å²) in [4.78, 5) is 4.67. The molecule has 0 radical (unpaired) electrons. The highest BCUT2D eigenvalue weighted by atomic mass is 32.2. The van der Waals surface area contributed by atoms with Crippen LogP contribution in [0.25, 0.3) is 4.91 Å². The topological polar surface area (TPSA) is 77.0 Å². The molecule has 2 heterocycles. The van der Waals surface area contributed by atoms with Gasteiger partial charge in [-0.05, 0) is 49.2 Å². The summed E-state index contributed by atoms with van der Waals surface area (Å²) in [5.74, 6) is 1.20. The molecule has 1 atom stereocenters. The van der Waals surface area contributed by atoms with E-state index in [0.29, 0.717) is 35.8 Å². The predicted octanol–water partition coefficient (Wildman–Crippen LogP) is 3.42. The molecule has 8 heteroatoms. The van der Waals surface area contributed by atoms with E-state index in [4.69, 9.17) is 9.47 Å². The monoisotopic (exact) mass is 402 g/mol. The van der Waals surface area contributed by atoms with Gasteiger partial charge in [0.2, 0.25) is 0 Å². The number of rotatable bonds is 3. The lowest BCUT2D eigenvalue weighted by atomic mass is 10.1. The van der Waals surface area contributed by atoms with Gasteiger partial charge in [0.1, 0.15) is 29.8 Å². The lowest BCUT2D eigenvalue weighted by Gasteiger charge is -2.19. The fraction of sp³-hybridized carbons (Fsp3) is 0.250. The normalized spacial score (nSPS) is 20.2. The van der Waals surface area contributed by atoms with E-state index in [1.807, 2.05) is 25.1 Å². The molecule has 2 aromatic rings. The van der Waals surface area contributed by atoms with Gasteiger partial charge in [0.25, 0.3) is 10.0 Å². The second-order valence-corrected chi connectivity index (χ2v) is 8.24. The number of hydrogen-bond donors (Lipinski definition) is 1. The highest BCUT2D eigenvalue weighted by Crippen LogP contribution is 2.35. The Morgan fingerprint density at radius 2 is 1.75 bits per heavy atom. The van der Waals surface area contributed by atoms with Crippen molar-refractivity contribution in [1.29, 1.82) is 0 Å². The first-order valence-electron chi connectivity index (χ1n) is 8.82. The number of nitrogens with zero attached hydrogens (tertiary/aromatic N) is 1. The molecule has 0 aromatic heterocycles. The zero-order chi connectivity index (χ0) is 19.9. The zero-order valence-electron chi connectivity index (χ0n) is 15.4. The Kier molecular flexibility index (Phi) is 4.58. The van der Waals surface area contributed by atoms with Crippen LogP contribution in [-0.2, 0) is 10.0 Å². The standard InChI is InChI=1S/C20H19FN2O4S/c1-12-19(14-3-6-16(21)7-4-14)28(24,25)23-20(12)22-13(2)15-5-8-17-18(11-15)27-10-9-26-17/h3-8,11,13H,9-10H2,1-2H3,(H,22,23)/t13-/m1/s1. The summed E-state index contributed by atoms with van der Waals surface area (Å²) in [6.07, 6.45) is 0. The van der Waals surface area contributed by atoms with Crippen LogP contribution in [0.15, 0.2) is 53.0 Å². The molecule has 6 nitrogen and oxygen atoms in total. The first-order chi connectivity index (χ1) is 13.3. The van der Waals surface area contributed by atoms with E-state index >= 15 is 0 Å². The van der Waals surface area contributed by atoms with Gasteiger partial charge >= 0.3 is 0 Å². The van der Waals surface area contributed by atoms with Gasteiger partial charge in [-0.2, -0.15) is 0 Å². The summed E-state index contributed by atoms with van der Waals surface area (Å²) in [6.45, 7) is 4.56. The van der Waals surface area contributed by atoms with Gasteiger partial charge in [0.05, 0.1) is 6.04 Å². The van der Waals surface area contributed by atoms with Crippen molar-refractivity contribution in [3.8, 4) is 11.5 Å². The second kappa shape index (κ2) is 6.94. The van der Waals surface area contributed by atoms with Gasteiger partial charge in [-0.25, -0.2) is 12.8 Å². The maximum absolute atomic E-state index is 13.2. The van der Waals surface area contributed by atoms with Crippen LogP contribution in [0, 0.1) is 5.82 Å². The van der Waals surface area contributed by atoms with Crippen LogP contribution in [0.3, 0.4) is 0 Å². The number of nitrogens with one attached hydrogen (secondary N) is 1. The molecule has 0 unspecified atom stereocenters. The summed E-state index contributed by atoms with van der Waals surface area (Å²) < 4.78 is 52.0. The van der Waals surface area contributed by atoms with Crippen LogP contribution in [0.4, 0.5) is 4.39 Å². The third kappa shape index (κ3) is 3.35. The van der Waals surface area contributed by atoms with Crippen molar-refractivity contribution in [3.05, 3.63) is 65.0 Å². The Morgan fingerprint density at radius 1 is 1.07 bits per heavy atom.